The number of aromatic nitrogens is 1. The van der Waals surface area contributed by atoms with Gasteiger partial charge in [0.2, 0.25) is 0 Å². The van der Waals surface area contributed by atoms with E-state index < -0.39 is 5.97 Å². The van der Waals surface area contributed by atoms with Crippen molar-refractivity contribution in [2.75, 3.05) is 0 Å². The normalized spacial score (nSPS) is 10.8. The quantitative estimate of drug-likeness (QED) is 0.759. The van der Waals surface area contributed by atoms with E-state index in [9.17, 15) is 9.90 Å². The molecule has 3 aromatic rings. The first-order valence-corrected chi connectivity index (χ1v) is 5.84. The molecule has 4 heteroatoms. The minimum Gasteiger partial charge on any atom is -0.478 e. The van der Waals surface area contributed by atoms with Crippen LogP contribution in [0.2, 0.25) is 0 Å². The lowest BCUT2D eigenvalue weighted by atomic mass is 10.1. The second kappa shape index (κ2) is 4.24. The van der Waals surface area contributed by atoms with Gasteiger partial charge in [-0.15, -0.1) is 0 Å². The summed E-state index contributed by atoms with van der Waals surface area (Å²) in [6.07, 6.45) is 1.54. The summed E-state index contributed by atoms with van der Waals surface area (Å²) in [7, 11) is 0. The van der Waals surface area contributed by atoms with Gasteiger partial charge in [-0.2, -0.15) is 0 Å². The van der Waals surface area contributed by atoms with Gasteiger partial charge < -0.3 is 9.52 Å². The zero-order valence-electron chi connectivity index (χ0n) is 10.3. The second-order valence-corrected chi connectivity index (χ2v) is 4.36. The molecule has 0 radical (unpaired) electrons. The molecule has 94 valence electrons. The average Bonchev–Trinajstić information content (AvgIpc) is 2.90. The molecule has 0 fully saturated rings. The van der Waals surface area contributed by atoms with Crippen molar-refractivity contribution in [1.29, 1.82) is 0 Å². The van der Waals surface area contributed by atoms with Crippen molar-refractivity contribution in [3.8, 4) is 11.5 Å². The molecule has 0 aliphatic heterocycles. The van der Waals surface area contributed by atoms with E-state index in [1.807, 2.05) is 19.1 Å². The monoisotopic (exact) mass is 253 g/mol. The van der Waals surface area contributed by atoms with Crippen molar-refractivity contribution in [1.82, 2.24) is 4.98 Å². The van der Waals surface area contributed by atoms with Gasteiger partial charge in [-0.25, -0.2) is 9.78 Å². The number of hydrogen-bond acceptors (Lipinski definition) is 3. The molecule has 4 nitrogen and oxygen atoms in total. The molecule has 0 amide bonds. The van der Waals surface area contributed by atoms with Crippen LogP contribution < -0.4 is 0 Å². The van der Waals surface area contributed by atoms with Gasteiger partial charge in [0.15, 0.2) is 5.76 Å². The molecular weight excluding hydrogens is 242 g/mol. The number of pyridine rings is 1. The van der Waals surface area contributed by atoms with E-state index in [1.54, 1.807) is 24.3 Å². The van der Waals surface area contributed by atoms with E-state index in [4.69, 9.17) is 4.42 Å². The first-order chi connectivity index (χ1) is 9.15. The van der Waals surface area contributed by atoms with Crippen molar-refractivity contribution < 1.29 is 14.3 Å². The van der Waals surface area contributed by atoms with Gasteiger partial charge >= 0.3 is 5.97 Å². The fourth-order valence-corrected chi connectivity index (χ4v) is 2.07. The number of hydrogen-bond donors (Lipinski definition) is 1. The molecule has 0 saturated heterocycles. The Morgan fingerprint density at radius 3 is 2.79 bits per heavy atom. The highest BCUT2D eigenvalue weighted by Crippen LogP contribution is 2.25. The van der Waals surface area contributed by atoms with E-state index in [0.29, 0.717) is 22.4 Å². The molecule has 0 atom stereocenters. The molecule has 2 heterocycles. The number of carboxylic acids is 1. The maximum Gasteiger partial charge on any atom is 0.336 e. The fraction of sp³-hybridized carbons (Fsp3) is 0.0667. The minimum absolute atomic E-state index is 0.233. The SMILES string of the molecule is Cc1ccc2c(C(=O)O)cc(-c3ccco3)nc2c1. The van der Waals surface area contributed by atoms with Crippen LogP contribution in [0.1, 0.15) is 15.9 Å². The Morgan fingerprint density at radius 1 is 1.26 bits per heavy atom. The summed E-state index contributed by atoms with van der Waals surface area (Å²) in [6, 6.07) is 10.6. The first kappa shape index (κ1) is 11.5. The maximum absolute atomic E-state index is 11.4. The van der Waals surface area contributed by atoms with Gasteiger partial charge in [0.05, 0.1) is 17.3 Å². The summed E-state index contributed by atoms with van der Waals surface area (Å²) in [6.45, 7) is 1.95. The van der Waals surface area contributed by atoms with Crippen LogP contribution >= 0.6 is 0 Å². The number of carboxylic acid groups (broad SMARTS) is 1. The molecule has 0 saturated carbocycles. The molecule has 0 aliphatic carbocycles. The van der Waals surface area contributed by atoms with E-state index in [1.165, 1.54) is 6.26 Å². The lowest BCUT2D eigenvalue weighted by Crippen LogP contribution is -2.00. The van der Waals surface area contributed by atoms with Crippen molar-refractivity contribution in [3.05, 3.63) is 53.8 Å². The third-order valence-electron chi connectivity index (χ3n) is 2.97. The summed E-state index contributed by atoms with van der Waals surface area (Å²) in [5.74, 6) is -0.407. The largest absolute Gasteiger partial charge is 0.478 e. The highest BCUT2D eigenvalue weighted by atomic mass is 16.4. The summed E-state index contributed by atoms with van der Waals surface area (Å²) < 4.78 is 5.28. The van der Waals surface area contributed by atoms with Crippen LogP contribution in [0, 0.1) is 6.92 Å². The van der Waals surface area contributed by atoms with Crippen LogP contribution in [-0.4, -0.2) is 16.1 Å². The van der Waals surface area contributed by atoms with Crippen LogP contribution in [0.4, 0.5) is 0 Å². The number of rotatable bonds is 2. The molecule has 0 unspecified atom stereocenters. The van der Waals surface area contributed by atoms with Crippen molar-refractivity contribution >= 4 is 16.9 Å². The highest BCUT2D eigenvalue weighted by molar-refractivity contribution is 6.03. The number of benzene rings is 1. The predicted octanol–water partition coefficient (Wildman–Crippen LogP) is 3.50. The van der Waals surface area contributed by atoms with E-state index >= 15 is 0 Å². The van der Waals surface area contributed by atoms with Gasteiger partial charge in [0.25, 0.3) is 0 Å². The molecule has 1 N–H and O–H groups in total. The molecular formula is C15H11NO3. The average molecular weight is 253 g/mol. The van der Waals surface area contributed by atoms with Crippen LogP contribution in [0.5, 0.6) is 0 Å². The third kappa shape index (κ3) is 1.97. The van der Waals surface area contributed by atoms with Crippen molar-refractivity contribution in [3.63, 3.8) is 0 Å². The van der Waals surface area contributed by atoms with Gasteiger partial charge in [-0.05, 0) is 36.8 Å². The fourth-order valence-electron chi connectivity index (χ4n) is 2.07. The molecule has 2 aromatic heterocycles. The van der Waals surface area contributed by atoms with Crippen molar-refractivity contribution in [2.24, 2.45) is 0 Å². The highest BCUT2D eigenvalue weighted by Gasteiger charge is 2.14. The van der Waals surface area contributed by atoms with Gasteiger partial charge in [-0.3, -0.25) is 0 Å². The predicted molar refractivity (Wildman–Crippen MR) is 71.1 cm³/mol. The Balaban J connectivity index is 2.34. The number of fused-ring (bicyclic) bond motifs is 1. The Hall–Kier alpha value is -2.62. The molecule has 0 spiro atoms. The standard InChI is InChI=1S/C15H11NO3/c1-9-4-5-10-11(15(17)18)8-13(16-12(10)7-9)14-3-2-6-19-14/h2-8H,1H3,(H,17,18). The molecule has 1 aromatic carbocycles. The lowest BCUT2D eigenvalue weighted by molar-refractivity contribution is 0.0699. The van der Waals surface area contributed by atoms with E-state index in [2.05, 4.69) is 4.98 Å². The van der Waals surface area contributed by atoms with Crippen LogP contribution in [-0.2, 0) is 0 Å². The topological polar surface area (TPSA) is 63.3 Å². The maximum atomic E-state index is 11.4. The Kier molecular flexibility index (Phi) is 2.56. The molecule has 0 bridgehead atoms. The summed E-state index contributed by atoms with van der Waals surface area (Å²) in [5.41, 5.74) is 2.45. The first-order valence-electron chi connectivity index (χ1n) is 5.84. The van der Waals surface area contributed by atoms with E-state index in [0.717, 1.165) is 5.56 Å². The summed E-state index contributed by atoms with van der Waals surface area (Å²) in [4.78, 5) is 15.8. The lowest BCUT2D eigenvalue weighted by Gasteiger charge is -2.06. The zero-order chi connectivity index (χ0) is 13.4. The summed E-state index contributed by atoms with van der Waals surface area (Å²) >= 11 is 0. The van der Waals surface area contributed by atoms with Crippen LogP contribution in [0.15, 0.2) is 47.1 Å². The second-order valence-electron chi connectivity index (χ2n) is 4.36. The molecule has 19 heavy (non-hydrogen) atoms. The Bertz CT molecular complexity index is 760. The molecule has 3 rings (SSSR count). The number of aryl methyl sites for hydroxylation is 1. The van der Waals surface area contributed by atoms with Crippen LogP contribution in [0.3, 0.4) is 0 Å². The Morgan fingerprint density at radius 2 is 2.11 bits per heavy atom. The number of furan rings is 1. The van der Waals surface area contributed by atoms with Gasteiger partial charge in [0, 0.05) is 5.39 Å². The van der Waals surface area contributed by atoms with Gasteiger partial charge in [-0.1, -0.05) is 12.1 Å². The smallest absolute Gasteiger partial charge is 0.336 e. The number of aromatic carboxylic acids is 1. The minimum atomic E-state index is -0.968. The van der Waals surface area contributed by atoms with E-state index in [-0.39, 0.29) is 5.56 Å². The zero-order valence-corrected chi connectivity index (χ0v) is 10.3. The third-order valence-corrected chi connectivity index (χ3v) is 2.97. The molecule has 0 aliphatic rings. The number of nitrogens with zero attached hydrogens (tertiary/aromatic N) is 1. The summed E-state index contributed by atoms with van der Waals surface area (Å²) in [5, 5.41) is 9.95. The number of carbonyl (C=O) groups is 1. The van der Waals surface area contributed by atoms with Gasteiger partial charge in [0.1, 0.15) is 5.69 Å². The Labute approximate surface area is 109 Å². The van der Waals surface area contributed by atoms with Crippen molar-refractivity contribution in [2.45, 2.75) is 6.92 Å². The van der Waals surface area contributed by atoms with Crippen LogP contribution in [0.25, 0.3) is 22.4 Å².